The number of nitrogens with zero attached hydrogens (tertiary/aromatic N) is 4. The molecule has 2 atom stereocenters. The summed E-state index contributed by atoms with van der Waals surface area (Å²) in [5, 5.41) is 10.8. The van der Waals surface area contributed by atoms with Gasteiger partial charge >= 0.3 is 0 Å². The molecular weight excluding hydrogens is 387 g/mol. The number of aryl methyl sites for hydroxylation is 1. The van der Waals surface area contributed by atoms with Gasteiger partial charge in [-0.25, -0.2) is 14.4 Å². The molecule has 8 nitrogen and oxygen atoms in total. The summed E-state index contributed by atoms with van der Waals surface area (Å²) in [5.41, 5.74) is 2.41. The van der Waals surface area contributed by atoms with E-state index in [2.05, 4.69) is 25.7 Å². The van der Waals surface area contributed by atoms with Gasteiger partial charge in [0, 0.05) is 31.8 Å². The number of alkyl halides is 1. The third-order valence-electron chi connectivity index (χ3n) is 4.99. The number of carbonyl (C=O) groups excluding carboxylic acids is 1. The molecule has 0 spiro atoms. The van der Waals surface area contributed by atoms with Crippen LogP contribution < -0.4 is 15.4 Å². The van der Waals surface area contributed by atoms with Gasteiger partial charge in [0.15, 0.2) is 17.4 Å². The van der Waals surface area contributed by atoms with Gasteiger partial charge in [0.05, 0.1) is 29.6 Å². The van der Waals surface area contributed by atoms with Crippen molar-refractivity contribution in [3.05, 3.63) is 42.4 Å². The highest BCUT2D eigenvalue weighted by atomic mass is 19.1. The number of methoxy groups -OCH3 is 1. The van der Waals surface area contributed by atoms with E-state index in [0.29, 0.717) is 47.3 Å². The van der Waals surface area contributed by atoms with E-state index in [0.717, 1.165) is 5.56 Å². The summed E-state index contributed by atoms with van der Waals surface area (Å²) >= 11 is 0. The predicted octanol–water partition coefficient (Wildman–Crippen LogP) is 3.60. The second-order valence-electron chi connectivity index (χ2n) is 7.32. The maximum Gasteiger partial charge on any atom is 0.184 e. The van der Waals surface area contributed by atoms with Crippen LogP contribution in [0.25, 0.3) is 11.4 Å². The van der Waals surface area contributed by atoms with Crippen molar-refractivity contribution in [3.63, 3.8) is 0 Å². The maximum absolute atomic E-state index is 13.1. The van der Waals surface area contributed by atoms with Gasteiger partial charge in [0.25, 0.3) is 0 Å². The number of pyridine rings is 1. The quantitative estimate of drug-likeness (QED) is 0.548. The first-order valence-corrected chi connectivity index (χ1v) is 9.65. The zero-order valence-corrected chi connectivity index (χ0v) is 17.0. The molecule has 2 N–H and O–H groups in total. The molecule has 1 fully saturated rings. The molecule has 1 aromatic carbocycles. The minimum atomic E-state index is -0.737. The monoisotopic (exact) mass is 410 g/mol. The summed E-state index contributed by atoms with van der Waals surface area (Å²) in [6.45, 7) is 2.00. The van der Waals surface area contributed by atoms with E-state index in [1.807, 2.05) is 18.2 Å². The first kappa shape index (κ1) is 19.8. The van der Waals surface area contributed by atoms with Crippen LogP contribution in [0.1, 0.15) is 23.7 Å². The molecule has 0 radical (unpaired) electrons. The molecule has 1 saturated carbocycles. The Balaban J connectivity index is 1.66. The van der Waals surface area contributed by atoms with Crippen molar-refractivity contribution in [3.8, 4) is 17.1 Å². The van der Waals surface area contributed by atoms with Crippen molar-refractivity contribution in [2.45, 2.75) is 19.5 Å². The van der Waals surface area contributed by atoms with Gasteiger partial charge in [0.1, 0.15) is 18.3 Å². The molecule has 9 heteroatoms. The fraction of sp³-hybridized carbons (Fsp3) is 0.333. The van der Waals surface area contributed by atoms with Crippen LogP contribution in [0.2, 0.25) is 0 Å². The molecule has 0 amide bonds. The number of anilines is 3. The zero-order chi connectivity index (χ0) is 21.3. The van der Waals surface area contributed by atoms with Crippen LogP contribution >= 0.6 is 0 Å². The van der Waals surface area contributed by atoms with Crippen molar-refractivity contribution in [1.29, 1.82) is 0 Å². The van der Waals surface area contributed by atoms with Gasteiger partial charge in [0.2, 0.25) is 0 Å². The van der Waals surface area contributed by atoms with E-state index in [1.54, 1.807) is 31.2 Å². The van der Waals surface area contributed by atoms with E-state index < -0.39 is 6.17 Å². The number of halogens is 1. The third-order valence-corrected chi connectivity index (χ3v) is 4.99. The molecule has 0 unspecified atom stereocenters. The van der Waals surface area contributed by atoms with Gasteiger partial charge in [-0.15, -0.1) is 0 Å². The van der Waals surface area contributed by atoms with Gasteiger partial charge in [-0.05, 0) is 25.5 Å². The molecule has 30 heavy (non-hydrogen) atoms. The number of hydrogen-bond acceptors (Lipinski definition) is 7. The molecule has 0 bridgehead atoms. The lowest BCUT2D eigenvalue weighted by molar-refractivity contribution is 0.101. The van der Waals surface area contributed by atoms with Crippen LogP contribution in [0.5, 0.6) is 5.75 Å². The zero-order valence-electron chi connectivity index (χ0n) is 17.0. The van der Waals surface area contributed by atoms with E-state index in [9.17, 15) is 9.18 Å². The number of rotatable bonds is 8. The van der Waals surface area contributed by atoms with Crippen molar-refractivity contribution >= 4 is 23.0 Å². The number of Topliss-reactive ketones (excluding diaryl/α,β-unsaturated/α-hetero) is 1. The Morgan fingerprint density at radius 1 is 1.33 bits per heavy atom. The summed E-state index contributed by atoms with van der Waals surface area (Å²) in [6, 6.07) is 7.32. The van der Waals surface area contributed by atoms with Crippen molar-refractivity contribution in [2.24, 2.45) is 13.0 Å². The topological polar surface area (TPSA) is 94.0 Å². The Bertz CT molecular complexity index is 1080. The Morgan fingerprint density at radius 3 is 2.77 bits per heavy atom. The number of para-hydroxylation sites is 1. The van der Waals surface area contributed by atoms with Gasteiger partial charge in [-0.2, -0.15) is 5.10 Å². The fourth-order valence-corrected chi connectivity index (χ4v) is 3.23. The molecular formula is C21H23FN6O2. The minimum absolute atomic E-state index is 0.0262. The lowest BCUT2D eigenvalue weighted by Gasteiger charge is -2.16. The third kappa shape index (κ3) is 4.10. The standard InChI is InChI=1S/C21H23FN6O2/c1-12(29)15-10-24-19(23-9-13-7-16(13)22)8-18(15)26-17-6-4-5-14(20(17)30-3)21-25-11-28(2)27-21/h4-6,8,10-11,13,16H,7,9H2,1-3H3,(H2,23,24,26)/t13-,16-/m0/s1. The lowest BCUT2D eigenvalue weighted by Crippen LogP contribution is -2.09. The average Bonchev–Trinajstić information content (AvgIpc) is 3.26. The van der Waals surface area contributed by atoms with Crippen LogP contribution in [0, 0.1) is 5.92 Å². The minimum Gasteiger partial charge on any atom is -0.494 e. The second-order valence-corrected chi connectivity index (χ2v) is 7.32. The highest BCUT2D eigenvalue weighted by molar-refractivity contribution is 6.00. The molecule has 0 saturated heterocycles. The highest BCUT2D eigenvalue weighted by Crippen LogP contribution is 2.37. The fourth-order valence-electron chi connectivity index (χ4n) is 3.23. The Morgan fingerprint density at radius 2 is 2.13 bits per heavy atom. The number of carbonyl (C=O) groups is 1. The number of ketones is 1. The number of benzene rings is 1. The number of aromatic nitrogens is 4. The SMILES string of the molecule is COc1c(Nc2cc(NC[C@@H]3C[C@@H]3F)ncc2C(C)=O)cccc1-c1ncn(C)n1. The maximum atomic E-state index is 13.1. The van der Waals surface area contributed by atoms with Crippen LogP contribution in [0.4, 0.5) is 21.6 Å². The van der Waals surface area contributed by atoms with Gasteiger partial charge < -0.3 is 15.4 Å². The first-order valence-electron chi connectivity index (χ1n) is 9.65. The smallest absolute Gasteiger partial charge is 0.184 e. The molecule has 4 rings (SSSR count). The van der Waals surface area contributed by atoms with Crippen LogP contribution in [0.3, 0.4) is 0 Å². The second kappa shape index (κ2) is 8.10. The van der Waals surface area contributed by atoms with E-state index in [4.69, 9.17) is 4.74 Å². The average molecular weight is 410 g/mol. The molecule has 0 aliphatic heterocycles. The van der Waals surface area contributed by atoms with Crippen LogP contribution in [-0.4, -0.2) is 45.4 Å². The van der Waals surface area contributed by atoms with E-state index >= 15 is 0 Å². The molecule has 1 aliphatic rings. The largest absolute Gasteiger partial charge is 0.494 e. The molecule has 1 aliphatic carbocycles. The van der Waals surface area contributed by atoms with Crippen molar-refractivity contribution < 1.29 is 13.9 Å². The van der Waals surface area contributed by atoms with E-state index in [1.165, 1.54) is 13.1 Å². The Labute approximate surface area is 173 Å². The lowest BCUT2D eigenvalue weighted by atomic mass is 10.1. The van der Waals surface area contributed by atoms with Gasteiger partial charge in [-0.3, -0.25) is 9.48 Å². The molecule has 3 aromatic rings. The predicted molar refractivity (Wildman–Crippen MR) is 112 cm³/mol. The number of nitrogens with one attached hydrogen (secondary N) is 2. The number of hydrogen-bond donors (Lipinski definition) is 2. The summed E-state index contributed by atoms with van der Waals surface area (Å²) in [6.07, 6.45) is 2.98. The molecule has 156 valence electrons. The van der Waals surface area contributed by atoms with Crippen LogP contribution in [-0.2, 0) is 7.05 Å². The first-order chi connectivity index (χ1) is 14.5. The normalized spacial score (nSPS) is 17.5. The molecule has 2 heterocycles. The van der Waals surface area contributed by atoms with Gasteiger partial charge in [-0.1, -0.05) is 6.07 Å². The number of ether oxygens (including phenoxy) is 1. The summed E-state index contributed by atoms with van der Waals surface area (Å²) in [4.78, 5) is 20.7. The van der Waals surface area contributed by atoms with Crippen molar-refractivity contribution in [1.82, 2.24) is 19.7 Å². The van der Waals surface area contributed by atoms with E-state index in [-0.39, 0.29) is 11.7 Å². The Kier molecular flexibility index (Phi) is 5.35. The summed E-state index contributed by atoms with van der Waals surface area (Å²) in [5.74, 6) is 1.57. The summed E-state index contributed by atoms with van der Waals surface area (Å²) < 4.78 is 20.4. The summed E-state index contributed by atoms with van der Waals surface area (Å²) in [7, 11) is 3.36. The molecule has 2 aromatic heterocycles. The Hall–Kier alpha value is -3.49. The van der Waals surface area contributed by atoms with Crippen molar-refractivity contribution in [2.75, 3.05) is 24.3 Å². The highest BCUT2D eigenvalue weighted by Gasteiger charge is 2.36. The van der Waals surface area contributed by atoms with Crippen LogP contribution in [0.15, 0.2) is 36.8 Å².